The molecule has 7 heteroatoms. The van der Waals surface area contributed by atoms with E-state index in [9.17, 15) is 9.59 Å². The fourth-order valence-electron chi connectivity index (χ4n) is 4.22. The number of nitrogens with zero attached hydrogens (tertiary/aromatic N) is 2. The van der Waals surface area contributed by atoms with Gasteiger partial charge in [0.25, 0.3) is 0 Å². The van der Waals surface area contributed by atoms with Crippen molar-refractivity contribution in [3.63, 3.8) is 0 Å². The fraction of sp³-hybridized carbons (Fsp3) is 0.900. The first-order valence-electron chi connectivity index (χ1n) is 10.6. The highest BCUT2D eigenvalue weighted by Crippen LogP contribution is 2.33. The molecule has 0 aromatic carbocycles. The lowest BCUT2D eigenvalue weighted by atomic mass is 9.79. The first-order valence-corrected chi connectivity index (χ1v) is 10.6. The first kappa shape index (κ1) is 22.1. The van der Waals surface area contributed by atoms with Crippen molar-refractivity contribution in [1.29, 1.82) is 0 Å². The van der Waals surface area contributed by atoms with Crippen molar-refractivity contribution >= 4 is 11.8 Å². The van der Waals surface area contributed by atoms with Crippen LogP contribution < -0.4 is 10.6 Å². The zero-order chi connectivity index (χ0) is 19.7. The molecule has 7 nitrogen and oxygen atoms in total. The largest absolute Gasteiger partial charge is 0.379 e. The molecule has 0 radical (unpaired) electrons. The lowest BCUT2D eigenvalue weighted by Gasteiger charge is -2.48. The third-order valence-electron chi connectivity index (χ3n) is 5.71. The predicted molar refractivity (Wildman–Crippen MR) is 107 cm³/mol. The normalized spacial score (nSPS) is 20.6. The Bertz CT molecular complexity index is 472. The molecular weight excluding hydrogens is 344 g/mol. The number of morpholine rings is 1. The number of nitrogens with one attached hydrogen (secondary N) is 2. The molecule has 0 unspecified atom stereocenters. The molecule has 0 bridgehead atoms. The lowest BCUT2D eigenvalue weighted by Crippen LogP contribution is -2.60. The van der Waals surface area contributed by atoms with Crippen molar-refractivity contribution in [2.75, 3.05) is 52.5 Å². The standard InChI is InChI=1S/C20H38N4O3/c1-4-23(15-19(26)22-17(2)3)14-18(25)21-16-20(8-6-5-7-9-20)24-10-12-27-13-11-24/h17H,4-16H2,1-3H3,(H,21,25)(H,22,26). The average Bonchev–Trinajstić information content (AvgIpc) is 2.66. The second-order valence-corrected chi connectivity index (χ2v) is 8.19. The van der Waals surface area contributed by atoms with Crippen molar-refractivity contribution in [3.05, 3.63) is 0 Å². The summed E-state index contributed by atoms with van der Waals surface area (Å²) in [5.41, 5.74) is 0.0732. The van der Waals surface area contributed by atoms with E-state index in [-0.39, 0.29) is 36.5 Å². The Labute approximate surface area is 164 Å². The second-order valence-electron chi connectivity index (χ2n) is 8.19. The van der Waals surface area contributed by atoms with Crippen LogP contribution in [0.2, 0.25) is 0 Å². The van der Waals surface area contributed by atoms with E-state index in [4.69, 9.17) is 4.74 Å². The SMILES string of the molecule is CCN(CC(=O)NCC1(N2CCOCC2)CCCCC1)CC(=O)NC(C)C. The van der Waals surface area contributed by atoms with E-state index >= 15 is 0 Å². The summed E-state index contributed by atoms with van der Waals surface area (Å²) >= 11 is 0. The van der Waals surface area contributed by atoms with Gasteiger partial charge in [-0.05, 0) is 33.2 Å². The highest BCUT2D eigenvalue weighted by molar-refractivity contribution is 5.81. The molecule has 1 saturated heterocycles. The molecule has 1 aliphatic heterocycles. The van der Waals surface area contributed by atoms with Crippen LogP contribution in [0.5, 0.6) is 0 Å². The number of hydrogen-bond acceptors (Lipinski definition) is 5. The summed E-state index contributed by atoms with van der Waals surface area (Å²) in [6.07, 6.45) is 6.02. The molecule has 2 N–H and O–H groups in total. The first-order chi connectivity index (χ1) is 12.9. The summed E-state index contributed by atoms with van der Waals surface area (Å²) < 4.78 is 5.52. The number of likely N-dealkylation sites (N-methyl/N-ethyl adjacent to an activating group) is 1. The van der Waals surface area contributed by atoms with E-state index in [1.807, 2.05) is 25.7 Å². The summed E-state index contributed by atoms with van der Waals surface area (Å²) in [6, 6.07) is 0.115. The van der Waals surface area contributed by atoms with Crippen LogP contribution in [0.15, 0.2) is 0 Å². The van der Waals surface area contributed by atoms with Gasteiger partial charge in [0.2, 0.25) is 11.8 Å². The van der Waals surface area contributed by atoms with Gasteiger partial charge in [-0.1, -0.05) is 26.2 Å². The average molecular weight is 383 g/mol. The minimum Gasteiger partial charge on any atom is -0.379 e. The van der Waals surface area contributed by atoms with Gasteiger partial charge >= 0.3 is 0 Å². The molecule has 1 aliphatic carbocycles. The molecule has 2 rings (SSSR count). The summed E-state index contributed by atoms with van der Waals surface area (Å²) in [5.74, 6) is -0.0240. The van der Waals surface area contributed by atoms with Gasteiger partial charge in [-0.15, -0.1) is 0 Å². The molecule has 1 saturated carbocycles. The number of amides is 2. The van der Waals surface area contributed by atoms with Crippen molar-refractivity contribution in [2.45, 2.75) is 64.5 Å². The van der Waals surface area contributed by atoms with Gasteiger partial charge < -0.3 is 15.4 Å². The number of rotatable bonds is 9. The topological polar surface area (TPSA) is 73.9 Å². The van der Waals surface area contributed by atoms with E-state index in [0.29, 0.717) is 13.1 Å². The number of carbonyl (C=O) groups is 2. The van der Waals surface area contributed by atoms with E-state index in [2.05, 4.69) is 15.5 Å². The molecule has 0 atom stereocenters. The summed E-state index contributed by atoms with van der Waals surface area (Å²) in [6.45, 7) is 11.2. The van der Waals surface area contributed by atoms with E-state index in [0.717, 1.165) is 39.1 Å². The van der Waals surface area contributed by atoms with Crippen LogP contribution in [0.1, 0.15) is 52.9 Å². The predicted octanol–water partition coefficient (Wildman–Crippen LogP) is 0.984. The Balaban J connectivity index is 1.86. The van der Waals surface area contributed by atoms with Gasteiger partial charge in [0.05, 0.1) is 26.3 Å². The third kappa shape index (κ3) is 7.05. The molecule has 2 amide bonds. The van der Waals surface area contributed by atoms with E-state index in [1.54, 1.807) is 0 Å². The Kier molecular flexibility index (Phi) is 8.99. The maximum atomic E-state index is 12.6. The van der Waals surface area contributed by atoms with Crippen molar-refractivity contribution in [3.8, 4) is 0 Å². The molecule has 0 spiro atoms. The summed E-state index contributed by atoms with van der Waals surface area (Å²) in [7, 11) is 0. The van der Waals surface area contributed by atoms with Crippen LogP contribution in [0.25, 0.3) is 0 Å². The van der Waals surface area contributed by atoms with Crippen LogP contribution >= 0.6 is 0 Å². The maximum absolute atomic E-state index is 12.6. The van der Waals surface area contributed by atoms with Gasteiger partial charge in [-0.3, -0.25) is 19.4 Å². The zero-order valence-electron chi connectivity index (χ0n) is 17.4. The van der Waals surface area contributed by atoms with Crippen LogP contribution in [0, 0.1) is 0 Å². The minimum atomic E-state index is -0.0308. The highest BCUT2D eigenvalue weighted by Gasteiger charge is 2.38. The maximum Gasteiger partial charge on any atom is 0.234 e. The summed E-state index contributed by atoms with van der Waals surface area (Å²) in [5, 5.41) is 6.06. The Morgan fingerprint density at radius 3 is 2.30 bits per heavy atom. The minimum absolute atomic E-state index is 0.00686. The number of carbonyl (C=O) groups excluding carboxylic acids is 2. The van der Waals surface area contributed by atoms with Crippen LogP contribution in [0.4, 0.5) is 0 Å². The monoisotopic (exact) mass is 382 g/mol. The second kappa shape index (κ2) is 11.0. The molecule has 0 aromatic heterocycles. The molecule has 1 heterocycles. The smallest absolute Gasteiger partial charge is 0.234 e. The molecular formula is C20H38N4O3. The van der Waals surface area contributed by atoms with Crippen molar-refractivity contribution in [2.24, 2.45) is 0 Å². The molecule has 2 aliphatic rings. The van der Waals surface area contributed by atoms with E-state index in [1.165, 1.54) is 19.3 Å². The van der Waals surface area contributed by atoms with E-state index < -0.39 is 0 Å². The molecule has 0 aromatic rings. The van der Waals surface area contributed by atoms with Crippen molar-refractivity contribution in [1.82, 2.24) is 20.4 Å². The Morgan fingerprint density at radius 1 is 1.07 bits per heavy atom. The van der Waals surface area contributed by atoms with Gasteiger partial charge in [-0.25, -0.2) is 0 Å². The number of ether oxygens (including phenoxy) is 1. The third-order valence-corrected chi connectivity index (χ3v) is 5.71. The highest BCUT2D eigenvalue weighted by atomic mass is 16.5. The van der Waals surface area contributed by atoms with Gasteiger partial charge in [-0.2, -0.15) is 0 Å². The van der Waals surface area contributed by atoms with Gasteiger partial charge in [0.1, 0.15) is 0 Å². The summed E-state index contributed by atoms with van der Waals surface area (Å²) in [4.78, 5) is 28.9. The van der Waals surface area contributed by atoms with Crippen LogP contribution in [0.3, 0.4) is 0 Å². The zero-order valence-corrected chi connectivity index (χ0v) is 17.4. The fourth-order valence-corrected chi connectivity index (χ4v) is 4.22. The molecule has 2 fully saturated rings. The van der Waals surface area contributed by atoms with Crippen LogP contribution in [-0.4, -0.2) is 85.7 Å². The number of hydrogen-bond donors (Lipinski definition) is 2. The molecule has 27 heavy (non-hydrogen) atoms. The Hall–Kier alpha value is -1.18. The van der Waals surface area contributed by atoms with Gasteiger partial charge in [0, 0.05) is 31.2 Å². The lowest BCUT2D eigenvalue weighted by molar-refractivity contribution is -0.126. The van der Waals surface area contributed by atoms with Gasteiger partial charge in [0.15, 0.2) is 0 Å². The Morgan fingerprint density at radius 2 is 1.70 bits per heavy atom. The quantitative estimate of drug-likeness (QED) is 0.622. The van der Waals surface area contributed by atoms with Crippen molar-refractivity contribution < 1.29 is 14.3 Å². The molecule has 156 valence electrons. The van der Waals surface area contributed by atoms with Crippen LogP contribution in [-0.2, 0) is 14.3 Å².